The smallest absolute Gasteiger partial charge is 0.261 e. The topological polar surface area (TPSA) is 60.5 Å². The third kappa shape index (κ3) is 3.36. The van der Waals surface area contributed by atoms with E-state index in [9.17, 15) is 4.79 Å². The zero-order valence-electron chi connectivity index (χ0n) is 12.4. The molecule has 5 nitrogen and oxygen atoms in total. The highest BCUT2D eigenvalue weighted by molar-refractivity contribution is 5.81. The van der Waals surface area contributed by atoms with Crippen molar-refractivity contribution in [2.45, 2.75) is 26.0 Å². The van der Waals surface area contributed by atoms with Gasteiger partial charge < -0.3 is 14.8 Å². The lowest BCUT2D eigenvalue weighted by atomic mass is 10.2. The molecular weight excluding hydrogens is 280 g/mol. The van der Waals surface area contributed by atoms with Crippen LogP contribution in [0.2, 0.25) is 0 Å². The molecular formula is C17H18N2O3. The van der Waals surface area contributed by atoms with Crippen LogP contribution in [0.3, 0.4) is 0 Å². The second kappa shape index (κ2) is 6.47. The number of aryl methyl sites for hydroxylation is 1. The number of ether oxygens (including phenoxy) is 2. The number of nitrogens with one attached hydrogen (secondary N) is 1. The van der Waals surface area contributed by atoms with Crippen LogP contribution in [0.5, 0.6) is 11.5 Å². The second-order valence-corrected chi connectivity index (χ2v) is 5.24. The van der Waals surface area contributed by atoms with Gasteiger partial charge in [0.2, 0.25) is 0 Å². The molecule has 0 fully saturated rings. The monoisotopic (exact) mass is 298 g/mol. The van der Waals surface area contributed by atoms with Crippen LogP contribution in [0.25, 0.3) is 0 Å². The van der Waals surface area contributed by atoms with Crippen LogP contribution in [-0.2, 0) is 11.3 Å². The lowest BCUT2D eigenvalue weighted by Crippen LogP contribution is -2.38. The first kappa shape index (κ1) is 14.4. The van der Waals surface area contributed by atoms with Crippen molar-refractivity contribution < 1.29 is 14.3 Å². The molecule has 114 valence electrons. The summed E-state index contributed by atoms with van der Waals surface area (Å²) < 4.78 is 11.4. The number of amides is 1. The summed E-state index contributed by atoms with van der Waals surface area (Å²) in [6, 6.07) is 11.3. The summed E-state index contributed by atoms with van der Waals surface area (Å²) in [4.78, 5) is 16.6. The minimum absolute atomic E-state index is 0.150. The molecule has 2 heterocycles. The van der Waals surface area contributed by atoms with Gasteiger partial charge in [0.1, 0.15) is 0 Å². The molecule has 0 aliphatic carbocycles. The van der Waals surface area contributed by atoms with Crippen LogP contribution in [0, 0.1) is 6.92 Å². The molecule has 22 heavy (non-hydrogen) atoms. The number of hydrogen-bond donors (Lipinski definition) is 1. The van der Waals surface area contributed by atoms with Gasteiger partial charge in [0.15, 0.2) is 17.6 Å². The molecule has 0 saturated carbocycles. The molecule has 2 aromatic rings. The summed E-state index contributed by atoms with van der Waals surface area (Å²) in [5.41, 5.74) is 1.92. The molecule has 1 atom stereocenters. The minimum Gasteiger partial charge on any atom is -0.490 e. The van der Waals surface area contributed by atoms with E-state index in [1.807, 2.05) is 43.3 Å². The number of pyridine rings is 1. The predicted octanol–water partition coefficient (Wildman–Crippen LogP) is 2.24. The molecule has 0 radical (unpaired) electrons. The molecule has 1 aromatic heterocycles. The summed E-state index contributed by atoms with van der Waals surface area (Å²) in [6.45, 7) is 2.82. The molecule has 0 saturated heterocycles. The fourth-order valence-electron chi connectivity index (χ4n) is 2.23. The van der Waals surface area contributed by atoms with Gasteiger partial charge in [-0.05, 0) is 30.7 Å². The number of aromatic nitrogens is 1. The Morgan fingerprint density at radius 3 is 2.86 bits per heavy atom. The summed E-state index contributed by atoms with van der Waals surface area (Å²) in [7, 11) is 0. The van der Waals surface area contributed by atoms with E-state index in [0.29, 0.717) is 31.1 Å². The number of carbonyl (C=O) groups is 1. The van der Waals surface area contributed by atoms with Crippen molar-refractivity contribution >= 4 is 5.91 Å². The Balaban J connectivity index is 1.61. The average molecular weight is 298 g/mol. The molecule has 1 aliphatic heterocycles. The van der Waals surface area contributed by atoms with Crippen LogP contribution in [0.1, 0.15) is 17.7 Å². The molecule has 1 aromatic carbocycles. The van der Waals surface area contributed by atoms with Crippen molar-refractivity contribution in [1.29, 1.82) is 0 Å². The Hall–Kier alpha value is -2.56. The van der Waals surface area contributed by atoms with E-state index >= 15 is 0 Å². The molecule has 1 aliphatic rings. The molecule has 0 bridgehead atoms. The number of nitrogens with zero attached hydrogens (tertiary/aromatic N) is 1. The summed E-state index contributed by atoms with van der Waals surface area (Å²) in [5.74, 6) is 1.13. The lowest BCUT2D eigenvalue weighted by Gasteiger charge is -2.15. The number of benzene rings is 1. The molecule has 1 amide bonds. The Kier molecular flexibility index (Phi) is 4.23. The maximum Gasteiger partial charge on any atom is 0.261 e. The van der Waals surface area contributed by atoms with Gasteiger partial charge in [-0.1, -0.05) is 18.2 Å². The molecule has 0 spiro atoms. The predicted molar refractivity (Wildman–Crippen MR) is 81.8 cm³/mol. The molecule has 3 rings (SSSR count). The van der Waals surface area contributed by atoms with Gasteiger partial charge in [-0.2, -0.15) is 0 Å². The lowest BCUT2D eigenvalue weighted by molar-refractivity contribution is -0.128. The van der Waals surface area contributed by atoms with E-state index in [1.54, 1.807) is 6.20 Å². The van der Waals surface area contributed by atoms with Crippen LogP contribution >= 0.6 is 0 Å². The van der Waals surface area contributed by atoms with Gasteiger partial charge in [-0.25, -0.2) is 0 Å². The van der Waals surface area contributed by atoms with Crippen LogP contribution in [-0.4, -0.2) is 23.6 Å². The van der Waals surface area contributed by atoms with Crippen LogP contribution < -0.4 is 14.8 Å². The van der Waals surface area contributed by atoms with Crippen molar-refractivity contribution in [1.82, 2.24) is 10.3 Å². The normalized spacial score (nSPS) is 16.7. The fourth-order valence-corrected chi connectivity index (χ4v) is 2.23. The Morgan fingerprint density at radius 2 is 2.09 bits per heavy atom. The van der Waals surface area contributed by atoms with Crippen LogP contribution in [0.15, 0.2) is 42.6 Å². The Morgan fingerprint density at radius 1 is 1.27 bits per heavy atom. The largest absolute Gasteiger partial charge is 0.490 e. The first-order chi connectivity index (χ1) is 10.7. The van der Waals surface area contributed by atoms with Crippen molar-refractivity contribution in [3.63, 3.8) is 0 Å². The van der Waals surface area contributed by atoms with Gasteiger partial charge in [0, 0.05) is 12.6 Å². The quantitative estimate of drug-likeness (QED) is 0.944. The number of rotatable bonds is 3. The average Bonchev–Trinajstić information content (AvgIpc) is 2.76. The van der Waals surface area contributed by atoms with Gasteiger partial charge in [0.05, 0.1) is 18.8 Å². The van der Waals surface area contributed by atoms with E-state index in [1.165, 1.54) is 0 Å². The number of hydrogen-bond acceptors (Lipinski definition) is 4. The third-order valence-electron chi connectivity index (χ3n) is 3.46. The number of para-hydroxylation sites is 2. The zero-order chi connectivity index (χ0) is 15.4. The maximum absolute atomic E-state index is 12.3. The van der Waals surface area contributed by atoms with Crippen molar-refractivity contribution in [3.05, 3.63) is 53.9 Å². The Labute approximate surface area is 129 Å². The maximum atomic E-state index is 12.3. The van der Waals surface area contributed by atoms with Gasteiger partial charge in [0.25, 0.3) is 5.91 Å². The standard InChI is InChI=1S/C17H18N2O3/c1-12-6-7-13(18-10-12)11-19-17(20)16-8-9-21-14-4-2-3-5-15(14)22-16/h2-7,10,16H,8-9,11H2,1H3,(H,19,20). The first-order valence-corrected chi connectivity index (χ1v) is 7.30. The van der Waals surface area contributed by atoms with Crippen molar-refractivity contribution in [2.75, 3.05) is 6.61 Å². The summed E-state index contributed by atoms with van der Waals surface area (Å²) >= 11 is 0. The highest BCUT2D eigenvalue weighted by Crippen LogP contribution is 2.30. The van der Waals surface area contributed by atoms with Gasteiger partial charge in [-0.15, -0.1) is 0 Å². The van der Waals surface area contributed by atoms with Crippen molar-refractivity contribution in [3.8, 4) is 11.5 Å². The van der Waals surface area contributed by atoms with E-state index in [2.05, 4.69) is 10.3 Å². The Bertz CT molecular complexity index is 655. The van der Waals surface area contributed by atoms with Gasteiger partial charge >= 0.3 is 0 Å². The fraction of sp³-hybridized carbons (Fsp3) is 0.294. The van der Waals surface area contributed by atoms with E-state index < -0.39 is 6.10 Å². The second-order valence-electron chi connectivity index (χ2n) is 5.24. The van der Waals surface area contributed by atoms with Gasteiger partial charge in [-0.3, -0.25) is 9.78 Å². The number of carbonyl (C=O) groups excluding carboxylic acids is 1. The molecule has 5 heteroatoms. The van der Waals surface area contributed by atoms with Crippen molar-refractivity contribution in [2.24, 2.45) is 0 Å². The van der Waals surface area contributed by atoms with E-state index in [4.69, 9.17) is 9.47 Å². The highest BCUT2D eigenvalue weighted by Gasteiger charge is 2.24. The molecule has 1 N–H and O–H groups in total. The van der Waals surface area contributed by atoms with E-state index in [-0.39, 0.29) is 5.91 Å². The third-order valence-corrected chi connectivity index (χ3v) is 3.46. The SMILES string of the molecule is Cc1ccc(CNC(=O)C2CCOc3ccccc3O2)nc1. The number of fused-ring (bicyclic) bond motifs is 1. The first-order valence-electron chi connectivity index (χ1n) is 7.30. The minimum atomic E-state index is -0.547. The summed E-state index contributed by atoms with van der Waals surface area (Å²) in [6.07, 6.45) is 1.75. The highest BCUT2D eigenvalue weighted by atomic mass is 16.5. The molecule has 1 unspecified atom stereocenters. The van der Waals surface area contributed by atoms with Crippen LogP contribution in [0.4, 0.5) is 0 Å². The zero-order valence-corrected chi connectivity index (χ0v) is 12.4. The van der Waals surface area contributed by atoms with E-state index in [0.717, 1.165) is 11.3 Å². The summed E-state index contributed by atoms with van der Waals surface area (Å²) in [5, 5.41) is 2.86.